The lowest BCUT2D eigenvalue weighted by atomic mass is 10.3. The molecule has 14 heavy (non-hydrogen) atoms. The molecule has 0 atom stereocenters. The number of aromatic nitrogens is 2. The first-order chi connectivity index (χ1) is 6.54. The van der Waals surface area contributed by atoms with Crippen molar-refractivity contribution in [3.05, 3.63) is 24.3 Å². The van der Waals surface area contributed by atoms with E-state index in [1.807, 2.05) is 18.2 Å². The van der Waals surface area contributed by atoms with Gasteiger partial charge in [0.25, 0.3) is 0 Å². The number of H-pyrrole nitrogens is 1. The number of fused-ring (bicyclic) bond motifs is 1. The minimum absolute atomic E-state index is 0.202. The van der Waals surface area contributed by atoms with Crippen molar-refractivity contribution in [2.75, 3.05) is 0 Å². The average Bonchev–Trinajstić information content (AvgIpc) is 2.42. The summed E-state index contributed by atoms with van der Waals surface area (Å²) >= 11 is 1.76. The normalized spacial score (nSPS) is 12.2. The highest BCUT2D eigenvalue weighted by Gasteiger charge is 2.14. The van der Waals surface area contributed by atoms with Gasteiger partial charge in [-0.25, -0.2) is 4.98 Å². The molecule has 2 nitrogen and oxygen atoms in total. The van der Waals surface area contributed by atoms with Crippen LogP contribution in [0, 0.1) is 0 Å². The summed E-state index contributed by atoms with van der Waals surface area (Å²) < 4.78 is 0.202. The Balaban J connectivity index is 2.36. The van der Waals surface area contributed by atoms with Crippen LogP contribution in [0.25, 0.3) is 11.0 Å². The van der Waals surface area contributed by atoms with Gasteiger partial charge in [-0.2, -0.15) is 0 Å². The first-order valence-corrected chi connectivity index (χ1v) is 5.50. The molecule has 0 aliphatic heterocycles. The number of nitrogens with zero attached hydrogens (tertiary/aromatic N) is 1. The summed E-state index contributed by atoms with van der Waals surface area (Å²) in [4.78, 5) is 7.81. The molecule has 1 heterocycles. The smallest absolute Gasteiger partial charge is 0.166 e. The van der Waals surface area contributed by atoms with E-state index in [4.69, 9.17) is 0 Å². The standard InChI is InChI=1S/C11H14N2S/c1-11(2,3)14-10-12-8-6-4-5-7-9(8)13-10/h4-7H,1-3H3,(H,12,13). The molecule has 1 aromatic carbocycles. The minimum Gasteiger partial charge on any atom is -0.333 e. The van der Waals surface area contributed by atoms with Crippen molar-refractivity contribution in [1.29, 1.82) is 0 Å². The van der Waals surface area contributed by atoms with Gasteiger partial charge in [0.05, 0.1) is 11.0 Å². The van der Waals surface area contributed by atoms with E-state index in [1.54, 1.807) is 11.8 Å². The highest BCUT2D eigenvalue weighted by atomic mass is 32.2. The lowest BCUT2D eigenvalue weighted by Crippen LogP contribution is -2.06. The van der Waals surface area contributed by atoms with Gasteiger partial charge in [-0.1, -0.05) is 44.7 Å². The first-order valence-electron chi connectivity index (χ1n) is 4.68. The molecular weight excluding hydrogens is 192 g/mol. The lowest BCUT2D eigenvalue weighted by molar-refractivity contribution is 0.796. The molecule has 0 saturated carbocycles. The second-order valence-corrected chi connectivity index (χ2v) is 6.09. The van der Waals surface area contributed by atoms with Crippen LogP contribution < -0.4 is 0 Å². The molecule has 0 aliphatic rings. The van der Waals surface area contributed by atoms with Crippen molar-refractivity contribution in [2.24, 2.45) is 0 Å². The van der Waals surface area contributed by atoms with Crippen LogP contribution in [0.4, 0.5) is 0 Å². The van der Waals surface area contributed by atoms with Crippen molar-refractivity contribution in [3.63, 3.8) is 0 Å². The molecule has 2 rings (SSSR count). The molecule has 3 heteroatoms. The van der Waals surface area contributed by atoms with E-state index < -0.39 is 0 Å². The van der Waals surface area contributed by atoms with Crippen LogP contribution in [0.1, 0.15) is 20.8 Å². The molecule has 0 amide bonds. The Bertz CT molecular complexity index is 407. The van der Waals surface area contributed by atoms with Gasteiger partial charge in [0.1, 0.15) is 0 Å². The molecule has 0 saturated heterocycles. The fourth-order valence-electron chi connectivity index (χ4n) is 1.27. The van der Waals surface area contributed by atoms with Gasteiger partial charge in [-0.05, 0) is 12.1 Å². The zero-order valence-electron chi connectivity index (χ0n) is 8.66. The molecule has 74 valence electrons. The number of hydrogen-bond donors (Lipinski definition) is 1. The summed E-state index contributed by atoms with van der Waals surface area (Å²) in [5, 5.41) is 0.999. The van der Waals surface area contributed by atoms with Crippen molar-refractivity contribution in [3.8, 4) is 0 Å². The third kappa shape index (κ3) is 2.10. The molecule has 2 aromatic rings. The Kier molecular flexibility index (Phi) is 2.27. The molecular formula is C11H14N2S. The number of aromatic amines is 1. The molecule has 0 bridgehead atoms. The van der Waals surface area contributed by atoms with Crippen LogP contribution in [0.5, 0.6) is 0 Å². The second-order valence-electron chi connectivity index (χ2n) is 4.27. The van der Waals surface area contributed by atoms with Gasteiger partial charge in [0.2, 0.25) is 0 Å². The van der Waals surface area contributed by atoms with Gasteiger partial charge in [-0.3, -0.25) is 0 Å². The number of nitrogens with one attached hydrogen (secondary N) is 1. The summed E-state index contributed by atoms with van der Waals surface area (Å²) in [6.45, 7) is 6.56. The van der Waals surface area contributed by atoms with Gasteiger partial charge < -0.3 is 4.98 Å². The van der Waals surface area contributed by atoms with Gasteiger partial charge >= 0.3 is 0 Å². The predicted molar refractivity (Wildman–Crippen MR) is 61.7 cm³/mol. The Hall–Kier alpha value is -0.960. The monoisotopic (exact) mass is 206 g/mol. The number of imidazole rings is 1. The fraction of sp³-hybridized carbons (Fsp3) is 0.364. The number of rotatable bonds is 1. The third-order valence-electron chi connectivity index (χ3n) is 1.77. The van der Waals surface area contributed by atoms with E-state index in [-0.39, 0.29) is 4.75 Å². The van der Waals surface area contributed by atoms with E-state index in [2.05, 4.69) is 36.8 Å². The number of para-hydroxylation sites is 2. The summed E-state index contributed by atoms with van der Waals surface area (Å²) in [5.41, 5.74) is 2.15. The summed E-state index contributed by atoms with van der Waals surface area (Å²) in [6, 6.07) is 8.11. The zero-order chi connectivity index (χ0) is 10.2. The van der Waals surface area contributed by atoms with Crippen LogP contribution in [0.2, 0.25) is 0 Å². The van der Waals surface area contributed by atoms with Crippen LogP contribution in [0.3, 0.4) is 0 Å². The van der Waals surface area contributed by atoms with E-state index in [1.165, 1.54) is 0 Å². The lowest BCUT2D eigenvalue weighted by Gasteiger charge is -2.14. The fourth-order valence-corrected chi connectivity index (χ4v) is 2.15. The Morgan fingerprint density at radius 3 is 2.57 bits per heavy atom. The van der Waals surface area contributed by atoms with E-state index in [0.717, 1.165) is 16.2 Å². The Morgan fingerprint density at radius 2 is 1.93 bits per heavy atom. The SMILES string of the molecule is CC(C)(C)Sc1nc2ccccc2[nH]1. The molecule has 0 spiro atoms. The van der Waals surface area contributed by atoms with Gasteiger partial charge in [-0.15, -0.1) is 0 Å². The Morgan fingerprint density at radius 1 is 1.21 bits per heavy atom. The van der Waals surface area contributed by atoms with Crippen LogP contribution in [-0.2, 0) is 0 Å². The molecule has 0 radical (unpaired) electrons. The number of hydrogen-bond acceptors (Lipinski definition) is 2. The van der Waals surface area contributed by atoms with Crippen molar-refractivity contribution >= 4 is 22.8 Å². The molecule has 0 unspecified atom stereocenters. The predicted octanol–water partition coefficient (Wildman–Crippen LogP) is 3.45. The maximum atomic E-state index is 4.51. The average molecular weight is 206 g/mol. The van der Waals surface area contributed by atoms with Crippen LogP contribution in [0.15, 0.2) is 29.4 Å². The summed E-state index contributed by atoms with van der Waals surface area (Å²) in [7, 11) is 0. The maximum absolute atomic E-state index is 4.51. The van der Waals surface area contributed by atoms with Crippen LogP contribution >= 0.6 is 11.8 Å². The maximum Gasteiger partial charge on any atom is 0.166 e. The number of benzene rings is 1. The summed E-state index contributed by atoms with van der Waals surface area (Å²) in [5.74, 6) is 0. The molecule has 0 fully saturated rings. The van der Waals surface area contributed by atoms with Crippen molar-refractivity contribution < 1.29 is 0 Å². The third-order valence-corrected chi connectivity index (χ3v) is 2.77. The highest BCUT2D eigenvalue weighted by molar-refractivity contribution is 8.00. The van der Waals surface area contributed by atoms with Crippen molar-refractivity contribution in [2.45, 2.75) is 30.7 Å². The molecule has 1 aromatic heterocycles. The Labute approximate surface area is 88.1 Å². The van der Waals surface area contributed by atoms with E-state index in [0.29, 0.717) is 0 Å². The van der Waals surface area contributed by atoms with Crippen LogP contribution in [-0.4, -0.2) is 14.7 Å². The number of thioether (sulfide) groups is 1. The summed E-state index contributed by atoms with van der Waals surface area (Å²) in [6.07, 6.45) is 0. The quantitative estimate of drug-likeness (QED) is 0.724. The van der Waals surface area contributed by atoms with Gasteiger partial charge in [0.15, 0.2) is 5.16 Å². The molecule has 0 aliphatic carbocycles. The first kappa shape index (κ1) is 9.59. The second kappa shape index (κ2) is 3.31. The zero-order valence-corrected chi connectivity index (χ0v) is 9.48. The highest BCUT2D eigenvalue weighted by Crippen LogP contribution is 2.30. The van der Waals surface area contributed by atoms with Gasteiger partial charge in [0, 0.05) is 4.75 Å². The van der Waals surface area contributed by atoms with E-state index >= 15 is 0 Å². The topological polar surface area (TPSA) is 28.7 Å². The van der Waals surface area contributed by atoms with E-state index in [9.17, 15) is 0 Å². The largest absolute Gasteiger partial charge is 0.333 e. The minimum atomic E-state index is 0.202. The molecule has 1 N–H and O–H groups in total. The van der Waals surface area contributed by atoms with Crippen molar-refractivity contribution in [1.82, 2.24) is 9.97 Å².